The number of aliphatic carboxylic acids is 2. The van der Waals surface area contributed by atoms with Crippen molar-refractivity contribution in [3.63, 3.8) is 0 Å². The van der Waals surface area contributed by atoms with Crippen LogP contribution in [0.4, 0.5) is 10.1 Å². The van der Waals surface area contributed by atoms with Gasteiger partial charge >= 0.3 is 11.9 Å². The van der Waals surface area contributed by atoms with Gasteiger partial charge in [0.15, 0.2) is 0 Å². The minimum Gasteiger partial charge on any atom is -0.491 e. The van der Waals surface area contributed by atoms with Crippen molar-refractivity contribution in [3.05, 3.63) is 53.9 Å². The number of fused-ring (bicyclic) bond motifs is 1. The molecule has 0 spiro atoms. The number of sulfonamides is 1. The summed E-state index contributed by atoms with van der Waals surface area (Å²) in [5, 5.41) is 15.6. The van der Waals surface area contributed by atoms with Crippen molar-refractivity contribution in [2.45, 2.75) is 12.3 Å². The van der Waals surface area contributed by atoms with Crippen LogP contribution in [0.25, 0.3) is 0 Å². The van der Waals surface area contributed by atoms with Gasteiger partial charge in [0, 0.05) is 41.6 Å². The van der Waals surface area contributed by atoms with Gasteiger partial charge in [-0.1, -0.05) is 0 Å². The predicted octanol–water partition coefficient (Wildman–Crippen LogP) is 1.55. The zero-order valence-electron chi connectivity index (χ0n) is 15.1. The lowest BCUT2D eigenvalue weighted by Gasteiger charge is -2.27. The van der Waals surface area contributed by atoms with Gasteiger partial charge in [0.25, 0.3) is 0 Å². The molecule has 0 bridgehead atoms. The highest BCUT2D eigenvalue weighted by Gasteiger charge is 2.28. The Bertz CT molecular complexity index is 1000. The van der Waals surface area contributed by atoms with Crippen LogP contribution in [-0.4, -0.2) is 53.4 Å². The second kappa shape index (κ2) is 9.19. The summed E-state index contributed by atoms with van der Waals surface area (Å²) >= 11 is 0. The predicted molar refractivity (Wildman–Crippen MR) is 99.8 cm³/mol. The zero-order chi connectivity index (χ0) is 21.6. The molecular formula is C17H18FN3O7S. The third-order valence-corrected chi connectivity index (χ3v) is 4.26. The minimum atomic E-state index is -3.52. The summed E-state index contributed by atoms with van der Waals surface area (Å²) < 4.78 is 44.5. The molecule has 0 saturated heterocycles. The number of halogens is 1. The van der Waals surface area contributed by atoms with Crippen LogP contribution < -0.4 is 9.46 Å². The summed E-state index contributed by atoms with van der Waals surface area (Å²) in [5.74, 6) is -2.77. The molecule has 2 aromatic rings. The van der Waals surface area contributed by atoms with Crippen molar-refractivity contribution in [2.75, 3.05) is 17.6 Å². The average Bonchev–Trinajstić information content (AvgIpc) is 3.13. The quantitative estimate of drug-likeness (QED) is 0.523. The third-order valence-electron chi connectivity index (χ3n) is 3.67. The van der Waals surface area contributed by atoms with Gasteiger partial charge in [-0.15, -0.1) is 0 Å². The fourth-order valence-corrected chi connectivity index (χ4v) is 3.22. The molecule has 0 aliphatic carbocycles. The molecule has 0 amide bonds. The first-order valence-electron chi connectivity index (χ1n) is 8.13. The Kier molecular flexibility index (Phi) is 6.93. The lowest BCUT2D eigenvalue weighted by Crippen LogP contribution is -2.19. The van der Waals surface area contributed by atoms with E-state index in [4.69, 9.17) is 14.9 Å². The van der Waals surface area contributed by atoms with Gasteiger partial charge in [0.1, 0.15) is 11.6 Å². The molecule has 1 unspecified atom stereocenters. The number of carboxylic acids is 2. The van der Waals surface area contributed by atoms with Crippen LogP contribution in [-0.2, 0) is 19.6 Å². The second-order valence-electron chi connectivity index (χ2n) is 5.95. The molecule has 156 valence electrons. The van der Waals surface area contributed by atoms with Crippen molar-refractivity contribution < 1.29 is 37.3 Å². The van der Waals surface area contributed by atoms with Gasteiger partial charge in [-0.25, -0.2) is 27.4 Å². The van der Waals surface area contributed by atoms with E-state index in [1.54, 1.807) is 12.5 Å². The Morgan fingerprint density at radius 2 is 1.97 bits per heavy atom. The van der Waals surface area contributed by atoms with Crippen LogP contribution in [0, 0.1) is 5.82 Å². The van der Waals surface area contributed by atoms with E-state index in [9.17, 15) is 22.4 Å². The molecule has 10 nitrogen and oxygen atoms in total. The number of nitrogens with zero attached hydrogens (tertiary/aromatic N) is 1. The van der Waals surface area contributed by atoms with Crippen LogP contribution in [0.15, 0.2) is 36.8 Å². The maximum atomic E-state index is 13.8. The Labute approximate surface area is 165 Å². The maximum absolute atomic E-state index is 13.8. The molecule has 1 aromatic carbocycles. The monoisotopic (exact) mass is 427 g/mol. The lowest BCUT2D eigenvalue weighted by molar-refractivity contribution is -0.134. The van der Waals surface area contributed by atoms with Gasteiger partial charge in [-0.2, -0.15) is 0 Å². The smallest absolute Gasteiger partial charge is 0.328 e. The Hall–Kier alpha value is -3.41. The number of hydrogen-bond donors (Lipinski definition) is 4. The molecule has 12 heteroatoms. The highest BCUT2D eigenvalue weighted by atomic mass is 32.2. The number of H-pyrrole nitrogens is 1. The van der Waals surface area contributed by atoms with E-state index in [1.807, 2.05) is 0 Å². The topological polar surface area (TPSA) is 159 Å². The number of anilines is 1. The van der Waals surface area contributed by atoms with Crippen molar-refractivity contribution in [1.29, 1.82) is 0 Å². The van der Waals surface area contributed by atoms with Gasteiger partial charge in [0.2, 0.25) is 10.0 Å². The fraction of sp³-hybridized carbons (Fsp3) is 0.235. The number of hydrogen-bond acceptors (Lipinski definition) is 6. The fourth-order valence-electron chi connectivity index (χ4n) is 2.67. The van der Waals surface area contributed by atoms with E-state index < -0.39 is 27.8 Å². The molecule has 1 aliphatic rings. The molecule has 3 rings (SSSR count). The average molecular weight is 427 g/mol. The molecule has 2 heterocycles. The summed E-state index contributed by atoms with van der Waals surface area (Å²) in [7, 11) is -3.52. The van der Waals surface area contributed by atoms with E-state index >= 15 is 0 Å². The van der Waals surface area contributed by atoms with Crippen molar-refractivity contribution in [2.24, 2.45) is 0 Å². The van der Waals surface area contributed by atoms with E-state index in [0.717, 1.165) is 18.0 Å². The van der Waals surface area contributed by atoms with Gasteiger partial charge in [0.05, 0.1) is 24.9 Å². The van der Waals surface area contributed by atoms with Crippen LogP contribution in [0.5, 0.6) is 5.75 Å². The molecule has 1 aromatic heterocycles. The van der Waals surface area contributed by atoms with Crippen molar-refractivity contribution in [1.82, 2.24) is 9.97 Å². The Morgan fingerprint density at radius 3 is 2.48 bits per heavy atom. The van der Waals surface area contributed by atoms with E-state index in [-0.39, 0.29) is 11.6 Å². The summed E-state index contributed by atoms with van der Waals surface area (Å²) in [6.07, 6.45) is 6.02. The minimum absolute atomic E-state index is 0.105. The highest BCUT2D eigenvalue weighted by Crippen LogP contribution is 2.42. The lowest BCUT2D eigenvalue weighted by atomic mass is 9.90. The summed E-state index contributed by atoms with van der Waals surface area (Å²) in [6, 6.07) is 2.49. The maximum Gasteiger partial charge on any atom is 0.328 e. The van der Waals surface area contributed by atoms with Gasteiger partial charge in [-0.05, 0) is 12.5 Å². The number of carboxylic acid groups (broad SMARTS) is 2. The molecule has 1 atom stereocenters. The number of aromatic nitrogens is 2. The summed E-state index contributed by atoms with van der Waals surface area (Å²) in [4.78, 5) is 26.1. The zero-order valence-corrected chi connectivity index (χ0v) is 15.9. The number of rotatable bonds is 5. The van der Waals surface area contributed by atoms with E-state index in [0.29, 0.717) is 36.5 Å². The van der Waals surface area contributed by atoms with E-state index in [2.05, 4.69) is 14.7 Å². The van der Waals surface area contributed by atoms with Crippen LogP contribution in [0.3, 0.4) is 0 Å². The molecule has 0 saturated carbocycles. The first-order valence-corrected chi connectivity index (χ1v) is 10.0. The van der Waals surface area contributed by atoms with Crippen molar-refractivity contribution >= 4 is 27.6 Å². The van der Waals surface area contributed by atoms with E-state index in [1.165, 1.54) is 6.07 Å². The number of imidazole rings is 1. The molecule has 1 aliphatic heterocycles. The summed E-state index contributed by atoms with van der Waals surface area (Å²) in [6.45, 7) is 0.417. The Morgan fingerprint density at radius 1 is 1.31 bits per heavy atom. The number of nitrogens with one attached hydrogen (secondary N) is 2. The molecular weight excluding hydrogens is 409 g/mol. The first kappa shape index (κ1) is 21.9. The number of aromatic amines is 1. The standard InChI is InChI=1S/C13H14FN3O3S.C4H4O4/c1-21(18,19)17-11-5-8(14)4-10-9(2-3-20-13(10)11)12-6-15-7-16-12;5-3(6)1-2-4(7)8/h4-7,9,17H,2-3H2,1H3,(H,15,16);1-2H,(H,5,6)(H,7,8)/b;2-1-. The first-order chi connectivity index (χ1) is 13.6. The molecule has 29 heavy (non-hydrogen) atoms. The molecule has 4 N–H and O–H groups in total. The van der Waals surface area contributed by atoms with Gasteiger partial charge in [-0.3, -0.25) is 4.72 Å². The van der Waals surface area contributed by atoms with Gasteiger partial charge < -0.3 is 19.9 Å². The second-order valence-corrected chi connectivity index (χ2v) is 7.70. The van der Waals surface area contributed by atoms with Crippen molar-refractivity contribution in [3.8, 4) is 5.75 Å². The van der Waals surface area contributed by atoms with Crippen LogP contribution in [0.1, 0.15) is 23.6 Å². The molecule has 0 radical (unpaired) electrons. The Balaban J connectivity index is 0.000000321. The van der Waals surface area contributed by atoms with Crippen LogP contribution in [0.2, 0.25) is 0 Å². The summed E-state index contributed by atoms with van der Waals surface area (Å²) in [5.41, 5.74) is 1.57. The molecule has 0 fully saturated rings. The number of ether oxygens (including phenoxy) is 1. The SMILES string of the molecule is CS(=O)(=O)Nc1cc(F)cc2c1OCCC2c1cnc[nH]1.O=C(O)/C=C\C(=O)O. The highest BCUT2D eigenvalue weighted by molar-refractivity contribution is 7.92. The number of carbonyl (C=O) groups is 2. The third kappa shape index (κ3) is 6.60. The number of benzene rings is 1. The largest absolute Gasteiger partial charge is 0.491 e. The normalized spacial score (nSPS) is 15.6. The van der Waals surface area contributed by atoms with Crippen LogP contribution >= 0.6 is 0 Å².